The second-order valence-electron chi connectivity index (χ2n) is 8.30. The highest BCUT2D eigenvalue weighted by Crippen LogP contribution is 2.61. The molecule has 1 spiro atoms. The molecule has 1 aliphatic carbocycles. The molecule has 0 N–H and O–H groups in total. The fraction of sp³-hybridized carbons (Fsp3) is 0.542. The molecule has 160 valence electrons. The molecule has 1 saturated carbocycles. The molecule has 0 radical (unpaired) electrons. The second-order valence-corrected chi connectivity index (χ2v) is 8.30. The van der Waals surface area contributed by atoms with Crippen molar-refractivity contribution in [1.82, 2.24) is 0 Å². The number of esters is 2. The van der Waals surface area contributed by atoms with E-state index in [0.29, 0.717) is 18.4 Å². The number of Topliss-reactive ketones (excluding diaryl/α,β-unsaturated/α-hetero) is 1. The average Bonchev–Trinajstić information content (AvgIpc) is 3.33. The first-order valence-electron chi connectivity index (χ1n) is 10.8. The van der Waals surface area contributed by atoms with Crippen LogP contribution in [0.3, 0.4) is 0 Å². The maximum atomic E-state index is 13.3. The Morgan fingerprint density at radius 3 is 2.33 bits per heavy atom. The molecular weight excluding hydrogens is 384 g/mol. The van der Waals surface area contributed by atoms with Gasteiger partial charge >= 0.3 is 11.9 Å². The maximum absolute atomic E-state index is 13.3. The van der Waals surface area contributed by atoms with Gasteiger partial charge in [-0.2, -0.15) is 0 Å². The van der Waals surface area contributed by atoms with Crippen LogP contribution in [-0.4, -0.2) is 42.6 Å². The summed E-state index contributed by atoms with van der Waals surface area (Å²) < 4.78 is 17.1. The van der Waals surface area contributed by atoms with Crippen molar-refractivity contribution in [2.45, 2.75) is 51.2 Å². The van der Waals surface area contributed by atoms with E-state index in [1.807, 2.05) is 18.2 Å². The predicted molar refractivity (Wildman–Crippen MR) is 109 cm³/mol. The van der Waals surface area contributed by atoms with Gasteiger partial charge in [-0.25, -0.2) is 0 Å². The minimum Gasteiger partial charge on any atom is -0.465 e. The Hall–Kier alpha value is -2.47. The van der Waals surface area contributed by atoms with Gasteiger partial charge in [0.25, 0.3) is 0 Å². The molecule has 2 bridgehead atoms. The minimum absolute atomic E-state index is 0.00913. The summed E-state index contributed by atoms with van der Waals surface area (Å²) in [4.78, 5) is 39.9. The molecule has 1 aromatic carbocycles. The molecule has 0 aromatic heterocycles. The van der Waals surface area contributed by atoms with Gasteiger partial charge in [-0.3, -0.25) is 14.4 Å². The predicted octanol–water partition coefficient (Wildman–Crippen LogP) is 3.50. The van der Waals surface area contributed by atoms with Crippen molar-refractivity contribution >= 4 is 17.7 Å². The zero-order valence-corrected chi connectivity index (χ0v) is 17.5. The van der Waals surface area contributed by atoms with E-state index in [4.69, 9.17) is 14.2 Å². The normalized spacial score (nSPS) is 30.5. The van der Waals surface area contributed by atoms with Gasteiger partial charge < -0.3 is 14.2 Å². The summed E-state index contributed by atoms with van der Waals surface area (Å²) in [6.45, 7) is 3.72. The first-order chi connectivity index (χ1) is 14.5. The van der Waals surface area contributed by atoms with Crippen molar-refractivity contribution in [2.24, 2.45) is 17.3 Å². The van der Waals surface area contributed by atoms with E-state index in [-0.39, 0.29) is 37.4 Å². The summed E-state index contributed by atoms with van der Waals surface area (Å²) in [7, 11) is 0. The maximum Gasteiger partial charge on any atom is 0.323 e. The van der Waals surface area contributed by atoms with E-state index in [9.17, 15) is 14.4 Å². The largest absolute Gasteiger partial charge is 0.465 e. The van der Waals surface area contributed by atoms with Crippen molar-refractivity contribution in [3.05, 3.63) is 48.0 Å². The van der Waals surface area contributed by atoms with Gasteiger partial charge in [-0.1, -0.05) is 42.5 Å². The fourth-order valence-corrected chi connectivity index (χ4v) is 5.56. The van der Waals surface area contributed by atoms with Crippen LogP contribution in [-0.2, 0) is 23.8 Å². The van der Waals surface area contributed by atoms with Crippen LogP contribution in [0.5, 0.6) is 0 Å². The zero-order valence-electron chi connectivity index (χ0n) is 17.5. The third-order valence-corrected chi connectivity index (χ3v) is 6.87. The molecule has 0 amide bonds. The van der Waals surface area contributed by atoms with E-state index < -0.39 is 28.9 Å². The summed E-state index contributed by atoms with van der Waals surface area (Å²) in [6.07, 6.45) is 5.72. The standard InChI is InChI=1S/C24H28O6/c1-3-28-21(26)23(22(27)29-4-2)12-10-17-14-18-11-13-24(17,30-18)20(23)15-19(25)16-8-6-5-7-9-16/h5-9,11,13,17-18,20H,3-4,10,12,14-15H2,1-2H3/t17-,18-,20+,24+/m1/s1. The van der Waals surface area contributed by atoms with Gasteiger partial charge in [0.15, 0.2) is 11.2 Å². The molecule has 2 aliphatic heterocycles. The fourth-order valence-electron chi connectivity index (χ4n) is 5.56. The molecule has 3 aliphatic rings. The lowest BCUT2D eigenvalue weighted by Gasteiger charge is -2.50. The number of ketones is 1. The first-order valence-corrected chi connectivity index (χ1v) is 10.8. The molecule has 30 heavy (non-hydrogen) atoms. The van der Waals surface area contributed by atoms with Crippen LogP contribution in [0, 0.1) is 17.3 Å². The summed E-state index contributed by atoms with van der Waals surface area (Å²) in [5.74, 6) is -1.87. The Morgan fingerprint density at radius 2 is 1.73 bits per heavy atom. The van der Waals surface area contributed by atoms with Crippen molar-refractivity contribution in [1.29, 1.82) is 0 Å². The smallest absolute Gasteiger partial charge is 0.323 e. The van der Waals surface area contributed by atoms with Gasteiger partial charge in [-0.05, 0) is 39.0 Å². The van der Waals surface area contributed by atoms with Gasteiger partial charge in [0, 0.05) is 17.9 Å². The summed E-state index contributed by atoms with van der Waals surface area (Å²) >= 11 is 0. The molecule has 6 heteroatoms. The highest BCUT2D eigenvalue weighted by atomic mass is 16.6. The van der Waals surface area contributed by atoms with Crippen LogP contribution in [0.2, 0.25) is 0 Å². The number of carbonyl (C=O) groups is 3. The van der Waals surface area contributed by atoms with Crippen molar-refractivity contribution in [3.8, 4) is 0 Å². The molecule has 0 unspecified atom stereocenters. The van der Waals surface area contributed by atoms with Crippen molar-refractivity contribution in [2.75, 3.05) is 13.2 Å². The van der Waals surface area contributed by atoms with E-state index in [1.165, 1.54) is 0 Å². The second kappa shape index (κ2) is 7.99. The van der Waals surface area contributed by atoms with Gasteiger partial charge in [0.2, 0.25) is 0 Å². The Balaban J connectivity index is 1.80. The summed E-state index contributed by atoms with van der Waals surface area (Å²) in [5, 5.41) is 0. The van der Waals surface area contributed by atoms with E-state index in [0.717, 1.165) is 6.42 Å². The Bertz CT molecular complexity index is 842. The highest BCUT2D eigenvalue weighted by Gasteiger charge is 2.69. The molecule has 6 nitrogen and oxygen atoms in total. The molecular formula is C24H28O6. The van der Waals surface area contributed by atoms with Crippen LogP contribution >= 0.6 is 0 Å². The van der Waals surface area contributed by atoms with Crippen LogP contribution < -0.4 is 0 Å². The van der Waals surface area contributed by atoms with Crippen LogP contribution in [0.1, 0.15) is 49.9 Å². The van der Waals surface area contributed by atoms with E-state index in [2.05, 4.69) is 0 Å². The number of carbonyl (C=O) groups excluding carboxylic acids is 3. The van der Waals surface area contributed by atoms with Gasteiger partial charge in [-0.15, -0.1) is 0 Å². The molecule has 2 heterocycles. The molecule has 2 fully saturated rings. The van der Waals surface area contributed by atoms with Crippen LogP contribution in [0.4, 0.5) is 0 Å². The first kappa shape index (κ1) is 20.8. The third kappa shape index (κ3) is 3.09. The monoisotopic (exact) mass is 412 g/mol. The molecule has 4 rings (SSSR count). The number of benzene rings is 1. The highest BCUT2D eigenvalue weighted by molar-refractivity contribution is 6.03. The van der Waals surface area contributed by atoms with E-state index >= 15 is 0 Å². The number of hydrogen-bond acceptors (Lipinski definition) is 6. The SMILES string of the molecule is CCOC(=O)C1(C(=O)OCC)CC[C@@H]2C[C@H]3C=C[C@@]2(O3)[C@H]1CC(=O)c1ccccc1. The lowest BCUT2D eigenvalue weighted by atomic mass is 9.53. The van der Waals surface area contributed by atoms with Crippen LogP contribution in [0.15, 0.2) is 42.5 Å². The number of hydrogen-bond donors (Lipinski definition) is 0. The third-order valence-electron chi connectivity index (χ3n) is 6.87. The topological polar surface area (TPSA) is 78.9 Å². The average molecular weight is 412 g/mol. The van der Waals surface area contributed by atoms with Gasteiger partial charge in [0.05, 0.1) is 24.9 Å². The zero-order chi connectivity index (χ0) is 21.4. The molecule has 1 aromatic rings. The van der Waals surface area contributed by atoms with Gasteiger partial charge in [0.1, 0.15) is 0 Å². The van der Waals surface area contributed by atoms with Crippen molar-refractivity contribution in [3.63, 3.8) is 0 Å². The Morgan fingerprint density at radius 1 is 1.07 bits per heavy atom. The van der Waals surface area contributed by atoms with Crippen molar-refractivity contribution < 1.29 is 28.6 Å². The summed E-state index contributed by atoms with van der Waals surface area (Å²) in [5.41, 5.74) is -1.84. The Labute approximate surface area is 176 Å². The number of fused-ring (bicyclic) bond motifs is 1. The minimum atomic E-state index is -1.56. The number of ether oxygens (including phenoxy) is 3. The van der Waals surface area contributed by atoms with Crippen LogP contribution in [0.25, 0.3) is 0 Å². The lowest BCUT2D eigenvalue weighted by Crippen LogP contribution is -2.61. The lowest BCUT2D eigenvalue weighted by molar-refractivity contribution is -0.194. The van der Waals surface area contributed by atoms with E-state index in [1.54, 1.807) is 38.1 Å². The quantitative estimate of drug-likeness (QED) is 0.295. The Kier molecular flexibility index (Phi) is 5.53. The molecule has 1 saturated heterocycles. The molecule has 4 atom stereocenters. The summed E-state index contributed by atoms with van der Waals surface area (Å²) in [6, 6.07) is 8.95. The number of rotatable bonds is 7.